The number of benzene rings is 2. The first kappa shape index (κ1) is 21.1. The highest BCUT2D eigenvalue weighted by Gasteiger charge is 2.45. The standard InChI is InChI=1S/C25H21NO6/c1-15(2)32-25(30)17-10-12-18(13-11-17)26-21(16-7-4-3-5-8-16)20(23(28)24(26)29)22(27)19-9-6-14-31-19/h3-15,21,28H,1-2H3. The molecule has 0 aliphatic carbocycles. The number of carbonyl (C=O) groups excluding carboxylic acids is 3. The smallest absolute Gasteiger partial charge is 0.338 e. The summed E-state index contributed by atoms with van der Waals surface area (Å²) in [7, 11) is 0. The van der Waals surface area contributed by atoms with Gasteiger partial charge in [0.15, 0.2) is 11.5 Å². The van der Waals surface area contributed by atoms with Gasteiger partial charge in [0.1, 0.15) is 0 Å². The van der Waals surface area contributed by atoms with Gasteiger partial charge < -0.3 is 14.3 Å². The summed E-state index contributed by atoms with van der Waals surface area (Å²) in [4.78, 5) is 39.7. The van der Waals surface area contributed by atoms with Crippen LogP contribution in [0.5, 0.6) is 0 Å². The van der Waals surface area contributed by atoms with E-state index in [1.807, 2.05) is 6.07 Å². The topological polar surface area (TPSA) is 97.0 Å². The van der Waals surface area contributed by atoms with Crippen LogP contribution < -0.4 is 4.90 Å². The van der Waals surface area contributed by atoms with Crippen LogP contribution in [0.1, 0.15) is 46.4 Å². The number of aliphatic hydroxyl groups is 1. The molecule has 1 N–H and O–H groups in total. The maximum absolute atomic E-state index is 13.1. The van der Waals surface area contributed by atoms with Crippen molar-refractivity contribution in [3.8, 4) is 0 Å². The van der Waals surface area contributed by atoms with Crippen molar-refractivity contribution in [1.29, 1.82) is 0 Å². The largest absolute Gasteiger partial charge is 0.503 e. The molecule has 4 rings (SSSR count). The Morgan fingerprint density at radius 2 is 1.69 bits per heavy atom. The second-order valence-corrected chi connectivity index (χ2v) is 7.56. The zero-order chi connectivity index (χ0) is 22.8. The predicted octanol–water partition coefficient (Wildman–Crippen LogP) is 4.63. The van der Waals surface area contributed by atoms with Crippen molar-refractivity contribution in [2.45, 2.75) is 26.0 Å². The quantitative estimate of drug-likeness (QED) is 0.452. The number of Topliss-reactive ketones (excluding diaryl/α,β-unsaturated/α-hetero) is 1. The van der Waals surface area contributed by atoms with E-state index in [1.54, 1.807) is 68.4 Å². The molecule has 0 saturated heterocycles. The number of ketones is 1. The van der Waals surface area contributed by atoms with Gasteiger partial charge in [-0.25, -0.2) is 4.79 Å². The Kier molecular flexibility index (Phi) is 5.64. The number of aliphatic hydroxyl groups excluding tert-OH is 1. The molecule has 32 heavy (non-hydrogen) atoms. The van der Waals surface area contributed by atoms with Crippen LogP contribution in [0.2, 0.25) is 0 Å². The number of carbonyl (C=O) groups is 3. The Morgan fingerprint density at radius 1 is 1.00 bits per heavy atom. The van der Waals surface area contributed by atoms with Gasteiger partial charge in [-0.2, -0.15) is 0 Å². The Hall–Kier alpha value is -4.13. The molecule has 2 aromatic carbocycles. The van der Waals surface area contributed by atoms with Gasteiger partial charge in [0.05, 0.1) is 29.5 Å². The summed E-state index contributed by atoms with van der Waals surface area (Å²) in [5, 5.41) is 10.7. The minimum Gasteiger partial charge on any atom is -0.503 e. The molecule has 0 saturated carbocycles. The molecular weight excluding hydrogens is 410 g/mol. The Labute approximate surface area is 184 Å². The van der Waals surface area contributed by atoms with Crippen molar-refractivity contribution in [1.82, 2.24) is 0 Å². The van der Waals surface area contributed by atoms with Crippen molar-refractivity contribution in [3.05, 3.63) is 101 Å². The monoisotopic (exact) mass is 431 g/mol. The fraction of sp³-hybridized carbons (Fsp3) is 0.160. The highest BCUT2D eigenvalue weighted by atomic mass is 16.5. The molecule has 7 heteroatoms. The first-order valence-electron chi connectivity index (χ1n) is 10.1. The molecule has 1 atom stereocenters. The van der Waals surface area contributed by atoms with Gasteiger partial charge in [-0.05, 0) is 55.8 Å². The number of esters is 1. The maximum Gasteiger partial charge on any atom is 0.338 e. The van der Waals surface area contributed by atoms with Crippen LogP contribution in [0, 0.1) is 0 Å². The molecule has 7 nitrogen and oxygen atoms in total. The SMILES string of the molecule is CC(C)OC(=O)c1ccc(N2C(=O)C(O)=C(C(=O)c3ccco3)C2c2ccccc2)cc1. The summed E-state index contributed by atoms with van der Waals surface area (Å²) in [5.41, 5.74) is 1.32. The second-order valence-electron chi connectivity index (χ2n) is 7.56. The third-order valence-electron chi connectivity index (χ3n) is 5.04. The summed E-state index contributed by atoms with van der Waals surface area (Å²) >= 11 is 0. The van der Waals surface area contributed by atoms with E-state index in [0.717, 1.165) is 0 Å². The van der Waals surface area contributed by atoms with Gasteiger partial charge in [-0.1, -0.05) is 30.3 Å². The van der Waals surface area contributed by atoms with Crippen molar-refractivity contribution < 1.29 is 28.6 Å². The van der Waals surface area contributed by atoms with Crippen LogP contribution in [0.25, 0.3) is 0 Å². The first-order valence-corrected chi connectivity index (χ1v) is 10.1. The van der Waals surface area contributed by atoms with Gasteiger partial charge in [0, 0.05) is 5.69 Å². The van der Waals surface area contributed by atoms with E-state index in [1.165, 1.54) is 17.2 Å². The molecule has 0 spiro atoms. The molecule has 1 amide bonds. The van der Waals surface area contributed by atoms with Gasteiger partial charge in [0.25, 0.3) is 5.91 Å². The van der Waals surface area contributed by atoms with Gasteiger partial charge in [-0.15, -0.1) is 0 Å². The zero-order valence-electron chi connectivity index (χ0n) is 17.5. The van der Waals surface area contributed by atoms with Crippen LogP contribution in [-0.2, 0) is 9.53 Å². The highest BCUT2D eigenvalue weighted by Crippen LogP contribution is 2.41. The summed E-state index contributed by atoms with van der Waals surface area (Å²) in [6.07, 6.45) is 1.09. The third-order valence-corrected chi connectivity index (χ3v) is 5.04. The van der Waals surface area contributed by atoms with E-state index in [-0.39, 0.29) is 17.4 Å². The van der Waals surface area contributed by atoms with E-state index in [9.17, 15) is 19.5 Å². The number of nitrogens with zero attached hydrogens (tertiary/aromatic N) is 1. The molecule has 1 aromatic heterocycles. The number of furan rings is 1. The molecule has 2 heterocycles. The lowest BCUT2D eigenvalue weighted by molar-refractivity contribution is -0.117. The number of ether oxygens (including phenoxy) is 1. The lowest BCUT2D eigenvalue weighted by atomic mass is 9.95. The van der Waals surface area contributed by atoms with Gasteiger partial charge in [0.2, 0.25) is 5.78 Å². The number of hydrogen-bond acceptors (Lipinski definition) is 6. The van der Waals surface area contributed by atoms with Crippen LogP contribution in [0.15, 0.2) is 88.7 Å². The average Bonchev–Trinajstić information content (AvgIpc) is 3.41. The first-order chi connectivity index (χ1) is 15.4. The van der Waals surface area contributed by atoms with Gasteiger partial charge in [-0.3, -0.25) is 14.5 Å². The minimum atomic E-state index is -0.866. The maximum atomic E-state index is 13.1. The molecule has 0 bridgehead atoms. The normalized spacial score (nSPS) is 16.0. The van der Waals surface area contributed by atoms with Crippen molar-refractivity contribution in [2.75, 3.05) is 4.90 Å². The molecule has 1 unspecified atom stereocenters. The fourth-order valence-corrected chi connectivity index (χ4v) is 3.63. The molecular formula is C25H21NO6. The van der Waals surface area contributed by atoms with Crippen molar-refractivity contribution in [2.24, 2.45) is 0 Å². The minimum absolute atomic E-state index is 0.0221. The molecule has 0 radical (unpaired) electrons. The molecule has 0 fully saturated rings. The fourth-order valence-electron chi connectivity index (χ4n) is 3.63. The van der Waals surface area contributed by atoms with Crippen molar-refractivity contribution >= 4 is 23.3 Å². The summed E-state index contributed by atoms with van der Waals surface area (Å²) in [6.45, 7) is 3.51. The van der Waals surface area contributed by atoms with Crippen LogP contribution >= 0.6 is 0 Å². The summed E-state index contributed by atoms with van der Waals surface area (Å²) in [6, 6.07) is 17.3. The highest BCUT2D eigenvalue weighted by molar-refractivity contribution is 6.20. The molecule has 162 valence electrons. The van der Waals surface area contributed by atoms with Gasteiger partial charge >= 0.3 is 5.97 Å². The number of amides is 1. The molecule has 1 aliphatic rings. The van der Waals surface area contributed by atoms with E-state index >= 15 is 0 Å². The zero-order valence-corrected chi connectivity index (χ0v) is 17.5. The predicted molar refractivity (Wildman–Crippen MR) is 116 cm³/mol. The Bertz CT molecular complexity index is 1180. The van der Waals surface area contributed by atoms with E-state index in [2.05, 4.69) is 0 Å². The molecule has 1 aliphatic heterocycles. The number of anilines is 1. The van der Waals surface area contributed by atoms with E-state index in [4.69, 9.17) is 9.15 Å². The average molecular weight is 431 g/mol. The Morgan fingerprint density at radius 3 is 2.28 bits per heavy atom. The lowest BCUT2D eigenvalue weighted by Gasteiger charge is -2.27. The number of hydrogen-bond donors (Lipinski definition) is 1. The summed E-state index contributed by atoms with van der Waals surface area (Å²) in [5.74, 6) is -2.38. The van der Waals surface area contributed by atoms with Crippen LogP contribution in [-0.4, -0.2) is 28.9 Å². The Balaban J connectivity index is 1.76. The number of rotatable bonds is 6. The van der Waals surface area contributed by atoms with Crippen LogP contribution in [0.3, 0.4) is 0 Å². The lowest BCUT2D eigenvalue weighted by Crippen LogP contribution is -2.31. The third kappa shape index (κ3) is 3.80. The van der Waals surface area contributed by atoms with Crippen molar-refractivity contribution in [3.63, 3.8) is 0 Å². The van der Waals surface area contributed by atoms with Crippen LogP contribution in [0.4, 0.5) is 5.69 Å². The summed E-state index contributed by atoms with van der Waals surface area (Å²) < 4.78 is 10.4. The van der Waals surface area contributed by atoms with E-state index < -0.39 is 29.5 Å². The molecule has 3 aromatic rings. The second kappa shape index (κ2) is 8.55. The van der Waals surface area contributed by atoms with E-state index in [0.29, 0.717) is 16.8 Å².